The van der Waals surface area contributed by atoms with E-state index >= 15 is 0 Å². The Bertz CT molecular complexity index is 589. The number of rotatable bonds is 7. The topological polar surface area (TPSA) is 46.6 Å². The predicted octanol–water partition coefficient (Wildman–Crippen LogP) is 3.98. The lowest BCUT2D eigenvalue weighted by atomic mass is 9.90. The zero-order chi connectivity index (χ0) is 18.4. The highest BCUT2D eigenvalue weighted by Gasteiger charge is 2.36. The van der Waals surface area contributed by atoms with Crippen LogP contribution in [0.5, 0.6) is 5.75 Å². The molecule has 0 aromatic heterocycles. The van der Waals surface area contributed by atoms with Gasteiger partial charge in [0.1, 0.15) is 11.5 Å². The molecular formula is C20H28ClNO3. The van der Waals surface area contributed by atoms with Crippen molar-refractivity contribution in [1.29, 1.82) is 0 Å². The van der Waals surface area contributed by atoms with Crippen molar-refractivity contribution in [2.45, 2.75) is 52.1 Å². The number of piperidine rings is 1. The quantitative estimate of drug-likeness (QED) is 0.686. The molecule has 0 atom stereocenters. The fourth-order valence-electron chi connectivity index (χ4n) is 3.18. The minimum Gasteiger partial charge on any atom is -0.478 e. The first-order valence-electron chi connectivity index (χ1n) is 8.94. The molecule has 1 amide bonds. The Morgan fingerprint density at radius 3 is 2.36 bits per heavy atom. The number of hydrogen-bond donors (Lipinski definition) is 0. The second-order valence-electron chi connectivity index (χ2n) is 7.37. The SMILES string of the molecule is Cc1ccc(OC(C)(C)C(=O)N2CCC(CCC(=O)CCl)CC2)cc1. The fourth-order valence-corrected chi connectivity index (χ4v) is 3.32. The number of nitrogens with zero attached hydrogens (tertiary/aromatic N) is 1. The minimum atomic E-state index is -0.892. The lowest BCUT2D eigenvalue weighted by Crippen LogP contribution is -2.51. The zero-order valence-corrected chi connectivity index (χ0v) is 16.1. The van der Waals surface area contributed by atoms with Crippen molar-refractivity contribution < 1.29 is 14.3 Å². The molecule has 0 unspecified atom stereocenters. The molecule has 1 aromatic carbocycles. The molecule has 1 aliphatic heterocycles. The first kappa shape index (κ1) is 19.8. The van der Waals surface area contributed by atoms with Crippen LogP contribution in [-0.4, -0.2) is 41.2 Å². The molecule has 0 bridgehead atoms. The summed E-state index contributed by atoms with van der Waals surface area (Å²) in [6, 6.07) is 7.74. The van der Waals surface area contributed by atoms with Gasteiger partial charge in [-0.05, 0) is 58.1 Å². The van der Waals surface area contributed by atoms with E-state index in [1.165, 1.54) is 0 Å². The Morgan fingerprint density at radius 1 is 1.20 bits per heavy atom. The van der Waals surface area contributed by atoms with E-state index in [4.69, 9.17) is 16.3 Å². The summed E-state index contributed by atoms with van der Waals surface area (Å²) in [7, 11) is 0. The Labute approximate surface area is 155 Å². The number of aryl methyl sites for hydroxylation is 1. The molecule has 1 aliphatic rings. The largest absolute Gasteiger partial charge is 0.478 e. The van der Waals surface area contributed by atoms with Crippen LogP contribution in [0.4, 0.5) is 0 Å². The molecule has 0 saturated carbocycles. The lowest BCUT2D eigenvalue weighted by molar-refractivity contribution is -0.147. The van der Waals surface area contributed by atoms with Crippen molar-refractivity contribution in [1.82, 2.24) is 4.90 Å². The number of halogens is 1. The van der Waals surface area contributed by atoms with Gasteiger partial charge in [0.15, 0.2) is 5.60 Å². The average molecular weight is 366 g/mol. The maximum atomic E-state index is 12.8. The van der Waals surface area contributed by atoms with Crippen LogP contribution in [-0.2, 0) is 9.59 Å². The molecule has 4 nitrogen and oxygen atoms in total. The molecule has 1 aromatic rings. The maximum absolute atomic E-state index is 12.8. The maximum Gasteiger partial charge on any atom is 0.266 e. The van der Waals surface area contributed by atoms with Crippen molar-refractivity contribution in [2.75, 3.05) is 19.0 Å². The third-order valence-electron chi connectivity index (χ3n) is 4.79. The smallest absolute Gasteiger partial charge is 0.266 e. The summed E-state index contributed by atoms with van der Waals surface area (Å²) < 4.78 is 5.94. The first-order valence-corrected chi connectivity index (χ1v) is 9.48. The van der Waals surface area contributed by atoms with Crippen molar-refractivity contribution >= 4 is 23.3 Å². The van der Waals surface area contributed by atoms with E-state index in [9.17, 15) is 9.59 Å². The Hall–Kier alpha value is -1.55. The van der Waals surface area contributed by atoms with Gasteiger partial charge in [-0.3, -0.25) is 9.59 Å². The molecule has 0 N–H and O–H groups in total. The van der Waals surface area contributed by atoms with Crippen LogP contribution < -0.4 is 4.74 Å². The number of likely N-dealkylation sites (tertiary alicyclic amines) is 1. The number of carbonyl (C=O) groups excluding carboxylic acids is 2. The second kappa shape index (κ2) is 8.70. The van der Waals surface area contributed by atoms with Crippen LogP contribution in [0.15, 0.2) is 24.3 Å². The summed E-state index contributed by atoms with van der Waals surface area (Å²) in [4.78, 5) is 26.1. The van der Waals surface area contributed by atoms with Crippen LogP contribution in [0.1, 0.15) is 45.1 Å². The molecule has 0 spiro atoms. The van der Waals surface area contributed by atoms with Gasteiger partial charge in [-0.25, -0.2) is 0 Å². The highest BCUT2D eigenvalue weighted by atomic mass is 35.5. The van der Waals surface area contributed by atoms with Crippen molar-refractivity contribution in [3.8, 4) is 5.75 Å². The van der Waals surface area contributed by atoms with E-state index in [-0.39, 0.29) is 17.6 Å². The lowest BCUT2D eigenvalue weighted by Gasteiger charge is -2.37. The van der Waals surface area contributed by atoms with Crippen LogP contribution in [0.2, 0.25) is 0 Å². The second-order valence-corrected chi connectivity index (χ2v) is 7.64. The molecular weight excluding hydrogens is 338 g/mol. The van der Waals surface area contributed by atoms with Crippen molar-refractivity contribution in [2.24, 2.45) is 5.92 Å². The highest BCUT2D eigenvalue weighted by Crippen LogP contribution is 2.26. The third kappa shape index (κ3) is 5.74. The predicted molar refractivity (Wildman–Crippen MR) is 100 cm³/mol. The van der Waals surface area contributed by atoms with E-state index < -0.39 is 5.60 Å². The molecule has 2 rings (SSSR count). The number of Topliss-reactive ketones (excluding diaryl/α,β-unsaturated/α-hetero) is 1. The van der Waals surface area contributed by atoms with Gasteiger partial charge in [-0.15, -0.1) is 11.6 Å². The van der Waals surface area contributed by atoms with E-state index in [2.05, 4.69) is 0 Å². The average Bonchev–Trinajstić information content (AvgIpc) is 2.61. The van der Waals surface area contributed by atoms with Gasteiger partial charge in [-0.2, -0.15) is 0 Å². The monoisotopic (exact) mass is 365 g/mol. The molecule has 1 heterocycles. The third-order valence-corrected chi connectivity index (χ3v) is 5.09. The molecule has 25 heavy (non-hydrogen) atoms. The summed E-state index contributed by atoms with van der Waals surface area (Å²) in [5.74, 6) is 1.42. The normalized spacial score (nSPS) is 15.9. The summed E-state index contributed by atoms with van der Waals surface area (Å²) in [6.45, 7) is 7.10. The van der Waals surface area contributed by atoms with Gasteiger partial charge in [-0.1, -0.05) is 17.7 Å². The summed E-state index contributed by atoms with van der Waals surface area (Å²) >= 11 is 5.54. The zero-order valence-electron chi connectivity index (χ0n) is 15.4. The van der Waals surface area contributed by atoms with Gasteiger partial charge in [0.25, 0.3) is 5.91 Å². The summed E-state index contributed by atoms with van der Waals surface area (Å²) in [5, 5.41) is 0. The highest BCUT2D eigenvalue weighted by molar-refractivity contribution is 6.27. The minimum absolute atomic E-state index is 0.0170. The molecule has 0 radical (unpaired) electrons. The number of hydrogen-bond acceptors (Lipinski definition) is 3. The number of ketones is 1. The number of carbonyl (C=O) groups is 2. The van der Waals surface area contributed by atoms with E-state index in [1.807, 2.05) is 49.9 Å². The van der Waals surface area contributed by atoms with Crippen LogP contribution in [0.3, 0.4) is 0 Å². The van der Waals surface area contributed by atoms with Crippen LogP contribution >= 0.6 is 11.6 Å². The van der Waals surface area contributed by atoms with Gasteiger partial charge >= 0.3 is 0 Å². The molecule has 0 aliphatic carbocycles. The standard InChI is InChI=1S/C20H28ClNO3/c1-15-4-8-18(9-5-15)25-20(2,3)19(24)22-12-10-16(11-13-22)6-7-17(23)14-21/h4-5,8-9,16H,6-7,10-14H2,1-3H3. The molecule has 138 valence electrons. The summed E-state index contributed by atoms with van der Waals surface area (Å²) in [6.07, 6.45) is 3.28. The number of benzene rings is 1. The van der Waals surface area contributed by atoms with Crippen molar-refractivity contribution in [3.63, 3.8) is 0 Å². The molecule has 1 fully saturated rings. The fraction of sp³-hybridized carbons (Fsp3) is 0.600. The van der Waals surface area contributed by atoms with Crippen molar-refractivity contribution in [3.05, 3.63) is 29.8 Å². The van der Waals surface area contributed by atoms with Gasteiger partial charge in [0.2, 0.25) is 0 Å². The van der Waals surface area contributed by atoms with Crippen LogP contribution in [0.25, 0.3) is 0 Å². The first-order chi connectivity index (χ1) is 11.8. The van der Waals surface area contributed by atoms with E-state index in [0.717, 1.165) is 37.9 Å². The Morgan fingerprint density at radius 2 is 1.80 bits per heavy atom. The number of ether oxygens (including phenoxy) is 1. The van der Waals surface area contributed by atoms with Crippen LogP contribution in [0, 0.1) is 12.8 Å². The van der Waals surface area contributed by atoms with E-state index in [1.54, 1.807) is 0 Å². The molecule has 5 heteroatoms. The number of amides is 1. The molecule has 1 saturated heterocycles. The number of alkyl halides is 1. The van der Waals surface area contributed by atoms with Gasteiger partial charge in [0, 0.05) is 19.5 Å². The van der Waals surface area contributed by atoms with Gasteiger partial charge in [0.05, 0.1) is 5.88 Å². The summed E-state index contributed by atoms with van der Waals surface area (Å²) in [5.41, 5.74) is 0.266. The Balaban J connectivity index is 1.85. The van der Waals surface area contributed by atoms with Gasteiger partial charge < -0.3 is 9.64 Å². The van der Waals surface area contributed by atoms with E-state index in [0.29, 0.717) is 18.1 Å². The Kier molecular flexibility index (Phi) is 6.88.